The lowest BCUT2D eigenvalue weighted by Crippen LogP contribution is -2.50. The van der Waals surface area contributed by atoms with E-state index in [0.29, 0.717) is 48.1 Å². The summed E-state index contributed by atoms with van der Waals surface area (Å²) >= 11 is 7.81. The molecule has 1 saturated heterocycles. The van der Waals surface area contributed by atoms with Crippen LogP contribution in [0.5, 0.6) is 11.5 Å². The van der Waals surface area contributed by atoms with Crippen LogP contribution in [-0.2, 0) is 16.0 Å². The molecule has 2 aromatic carbocycles. The van der Waals surface area contributed by atoms with Gasteiger partial charge in [-0.1, -0.05) is 11.6 Å². The number of aliphatic carboxylic acids is 2. The van der Waals surface area contributed by atoms with Gasteiger partial charge in [-0.05, 0) is 56.2 Å². The Kier molecular flexibility index (Phi) is 10.6. The monoisotopic (exact) mass is 618 g/mol. The Morgan fingerprint density at radius 1 is 1.20 bits per heavy atom. The Hall–Kier alpha value is -3.42. The first kappa shape index (κ1) is 32.1. The summed E-state index contributed by atoms with van der Waals surface area (Å²) in [6.07, 6.45) is -2.80. The Bertz CT molecular complexity index is 1390. The summed E-state index contributed by atoms with van der Waals surface area (Å²) in [5.41, 5.74) is 2.22. The minimum atomic E-state index is -5.08. The number of carboxylic acids is 2. The summed E-state index contributed by atoms with van der Waals surface area (Å²) in [4.78, 5) is 27.3. The molecule has 2 heterocycles. The van der Waals surface area contributed by atoms with Gasteiger partial charge in [-0.2, -0.15) is 13.2 Å². The van der Waals surface area contributed by atoms with Crippen LogP contribution < -0.4 is 9.47 Å². The van der Waals surface area contributed by atoms with Crippen molar-refractivity contribution >= 4 is 34.9 Å². The standard InChI is InChI=1S/C25H26ClFN2O4S.C2HF3O2/c1-14(2)33-21-5-4-16(9-20(21)26)24-28-11-22(34-24)19-10-18(27)8-15(23(19)32-3)6-7-29-12-17(13-29)25(30)31;3-2(4,5)1(6)7/h4-5,8-11,14,17H,6-7,12-13H2,1-3H3,(H,30,31);(H,6,7). The highest BCUT2D eigenvalue weighted by Gasteiger charge is 2.38. The molecule has 0 spiro atoms. The van der Waals surface area contributed by atoms with Crippen LogP contribution in [-0.4, -0.2) is 71.1 Å². The third-order valence-corrected chi connectivity index (χ3v) is 7.27. The SMILES string of the molecule is COc1c(CCN2CC(C(=O)O)C2)cc(F)cc1-c1cnc(-c2ccc(OC(C)C)c(Cl)c2)s1.O=C(O)C(F)(F)F. The molecule has 0 saturated carbocycles. The maximum atomic E-state index is 14.6. The fourth-order valence-electron chi connectivity index (χ4n) is 3.96. The van der Waals surface area contributed by atoms with Crippen molar-refractivity contribution < 1.29 is 46.8 Å². The second-order valence-electron chi connectivity index (χ2n) is 9.33. The number of methoxy groups -OCH3 is 1. The maximum Gasteiger partial charge on any atom is 0.490 e. The van der Waals surface area contributed by atoms with Crippen molar-refractivity contribution in [1.29, 1.82) is 0 Å². The van der Waals surface area contributed by atoms with E-state index in [1.807, 2.05) is 36.9 Å². The number of carbonyl (C=O) groups is 2. The number of carboxylic acid groups (broad SMARTS) is 2. The number of aromatic nitrogens is 1. The molecule has 8 nitrogen and oxygen atoms in total. The van der Waals surface area contributed by atoms with Gasteiger partial charge >= 0.3 is 18.1 Å². The zero-order valence-corrected chi connectivity index (χ0v) is 23.7. The zero-order chi connectivity index (χ0) is 30.5. The quantitative estimate of drug-likeness (QED) is 0.271. The first-order valence-corrected chi connectivity index (χ1v) is 13.4. The topological polar surface area (TPSA) is 109 Å². The molecule has 14 heteroatoms. The van der Waals surface area contributed by atoms with E-state index in [9.17, 15) is 22.4 Å². The van der Waals surface area contributed by atoms with Gasteiger partial charge in [-0.3, -0.25) is 4.79 Å². The van der Waals surface area contributed by atoms with E-state index in [2.05, 4.69) is 4.98 Å². The van der Waals surface area contributed by atoms with E-state index >= 15 is 0 Å². The third-order valence-electron chi connectivity index (χ3n) is 5.89. The summed E-state index contributed by atoms with van der Waals surface area (Å²) < 4.78 is 57.7. The van der Waals surface area contributed by atoms with Crippen LogP contribution in [0.4, 0.5) is 17.6 Å². The average Bonchev–Trinajstić information content (AvgIpc) is 3.33. The van der Waals surface area contributed by atoms with Crippen LogP contribution >= 0.6 is 22.9 Å². The highest BCUT2D eigenvalue weighted by Crippen LogP contribution is 2.41. The predicted octanol–water partition coefficient (Wildman–Crippen LogP) is 6.26. The van der Waals surface area contributed by atoms with Crippen LogP contribution in [0.15, 0.2) is 36.5 Å². The minimum absolute atomic E-state index is 0.0177. The number of nitrogens with zero attached hydrogens (tertiary/aromatic N) is 2. The van der Waals surface area contributed by atoms with Crippen LogP contribution in [0.3, 0.4) is 0 Å². The molecule has 0 aliphatic carbocycles. The molecule has 1 fully saturated rings. The van der Waals surface area contributed by atoms with Crippen molar-refractivity contribution in [1.82, 2.24) is 9.88 Å². The van der Waals surface area contributed by atoms with Gasteiger partial charge in [-0.15, -0.1) is 11.3 Å². The lowest BCUT2D eigenvalue weighted by Gasteiger charge is -2.36. The number of hydrogen-bond donors (Lipinski definition) is 2. The van der Waals surface area contributed by atoms with Crippen molar-refractivity contribution in [3.8, 4) is 32.5 Å². The molecular weight excluding hydrogens is 592 g/mol. The van der Waals surface area contributed by atoms with Crippen molar-refractivity contribution in [2.45, 2.75) is 32.5 Å². The number of benzene rings is 2. The highest BCUT2D eigenvalue weighted by atomic mass is 35.5. The second-order valence-corrected chi connectivity index (χ2v) is 10.8. The molecule has 0 bridgehead atoms. The lowest BCUT2D eigenvalue weighted by atomic mass is 9.98. The van der Waals surface area contributed by atoms with Gasteiger partial charge in [0.2, 0.25) is 0 Å². The van der Waals surface area contributed by atoms with E-state index in [0.717, 1.165) is 21.0 Å². The van der Waals surface area contributed by atoms with Crippen LogP contribution in [0.2, 0.25) is 5.02 Å². The molecule has 0 amide bonds. The van der Waals surface area contributed by atoms with Gasteiger partial charge in [0, 0.05) is 37.0 Å². The number of hydrogen-bond acceptors (Lipinski definition) is 7. The average molecular weight is 619 g/mol. The normalized spacial score (nSPS) is 13.8. The number of alkyl halides is 3. The number of ether oxygens (including phenoxy) is 2. The number of halogens is 5. The molecule has 1 aliphatic heterocycles. The van der Waals surface area contributed by atoms with E-state index in [1.54, 1.807) is 13.3 Å². The fraction of sp³-hybridized carbons (Fsp3) is 0.370. The minimum Gasteiger partial charge on any atom is -0.496 e. The van der Waals surface area contributed by atoms with E-state index in [4.69, 9.17) is 36.1 Å². The Labute approximate surface area is 242 Å². The molecule has 0 unspecified atom stereocenters. The largest absolute Gasteiger partial charge is 0.496 e. The van der Waals surface area contributed by atoms with Gasteiger partial charge in [0.15, 0.2) is 0 Å². The van der Waals surface area contributed by atoms with Gasteiger partial charge in [-0.25, -0.2) is 14.2 Å². The molecule has 41 heavy (non-hydrogen) atoms. The number of thiazole rings is 1. The Morgan fingerprint density at radius 2 is 1.85 bits per heavy atom. The molecule has 4 rings (SSSR count). The van der Waals surface area contributed by atoms with E-state index in [-0.39, 0.29) is 17.8 Å². The second kappa shape index (κ2) is 13.5. The molecule has 1 aromatic heterocycles. The van der Waals surface area contributed by atoms with Crippen molar-refractivity contribution in [3.63, 3.8) is 0 Å². The van der Waals surface area contributed by atoms with Gasteiger partial charge in [0.25, 0.3) is 0 Å². The molecule has 222 valence electrons. The van der Waals surface area contributed by atoms with Crippen LogP contribution in [0.25, 0.3) is 21.0 Å². The molecule has 0 radical (unpaired) electrons. The first-order valence-electron chi connectivity index (χ1n) is 12.2. The Balaban J connectivity index is 0.000000587. The lowest BCUT2D eigenvalue weighted by molar-refractivity contribution is -0.192. The fourth-order valence-corrected chi connectivity index (χ4v) is 5.11. The molecule has 3 aromatic rings. The molecular formula is C27H27ClF4N2O6S. The summed E-state index contributed by atoms with van der Waals surface area (Å²) in [7, 11) is 1.57. The highest BCUT2D eigenvalue weighted by molar-refractivity contribution is 7.18. The molecule has 2 N–H and O–H groups in total. The van der Waals surface area contributed by atoms with Gasteiger partial charge < -0.3 is 24.6 Å². The summed E-state index contributed by atoms with van der Waals surface area (Å²) in [6, 6.07) is 8.47. The van der Waals surface area contributed by atoms with Gasteiger partial charge in [0.1, 0.15) is 22.3 Å². The number of rotatable bonds is 9. The summed E-state index contributed by atoms with van der Waals surface area (Å²) in [6.45, 7) is 5.55. The van der Waals surface area contributed by atoms with Crippen molar-refractivity contribution in [2.24, 2.45) is 5.92 Å². The third kappa shape index (κ3) is 8.54. The van der Waals surface area contributed by atoms with Crippen LogP contribution in [0, 0.1) is 11.7 Å². The summed E-state index contributed by atoms with van der Waals surface area (Å²) in [5.74, 6) is -2.99. The Morgan fingerprint density at radius 3 is 2.39 bits per heavy atom. The smallest absolute Gasteiger partial charge is 0.490 e. The van der Waals surface area contributed by atoms with E-state index in [1.165, 1.54) is 23.5 Å². The zero-order valence-electron chi connectivity index (χ0n) is 22.2. The molecule has 0 atom stereocenters. The molecule has 1 aliphatic rings. The number of likely N-dealkylation sites (tertiary alicyclic amines) is 1. The van der Waals surface area contributed by atoms with Crippen LogP contribution in [0.1, 0.15) is 19.4 Å². The predicted molar refractivity (Wildman–Crippen MR) is 145 cm³/mol. The van der Waals surface area contributed by atoms with Crippen molar-refractivity contribution in [2.75, 3.05) is 26.7 Å². The van der Waals surface area contributed by atoms with E-state index < -0.39 is 18.1 Å². The maximum absolute atomic E-state index is 14.6. The first-order chi connectivity index (χ1) is 19.2. The van der Waals surface area contributed by atoms with Gasteiger partial charge in [0.05, 0.1) is 29.0 Å². The summed E-state index contributed by atoms with van der Waals surface area (Å²) in [5, 5.41) is 17.4. The van der Waals surface area contributed by atoms with Crippen molar-refractivity contribution in [3.05, 3.63) is 52.9 Å².